The number of halogens is 3. The molecule has 5 nitrogen and oxygen atoms in total. The summed E-state index contributed by atoms with van der Waals surface area (Å²) >= 11 is 0. The Hall–Kier alpha value is -1.56. The Morgan fingerprint density at radius 3 is 2.69 bits per heavy atom. The van der Waals surface area contributed by atoms with Gasteiger partial charge in [-0.05, 0) is 38.4 Å². The molecule has 0 spiro atoms. The van der Waals surface area contributed by atoms with Crippen molar-refractivity contribution in [3.8, 4) is 5.88 Å². The highest BCUT2D eigenvalue weighted by molar-refractivity contribution is 6.76. The Morgan fingerprint density at radius 2 is 2.08 bits per heavy atom. The van der Waals surface area contributed by atoms with E-state index in [2.05, 4.69) is 11.9 Å². The van der Waals surface area contributed by atoms with E-state index in [9.17, 15) is 18.0 Å². The van der Waals surface area contributed by atoms with Crippen molar-refractivity contribution in [2.45, 2.75) is 56.8 Å². The molecule has 0 aromatic carbocycles. The van der Waals surface area contributed by atoms with Crippen LogP contribution in [0.3, 0.4) is 0 Å². The van der Waals surface area contributed by atoms with Crippen LogP contribution in [0.5, 0.6) is 5.88 Å². The van der Waals surface area contributed by atoms with Gasteiger partial charge < -0.3 is 14.0 Å². The summed E-state index contributed by atoms with van der Waals surface area (Å²) in [7, 11) is -1.17. The van der Waals surface area contributed by atoms with Crippen molar-refractivity contribution in [1.82, 2.24) is 9.55 Å². The number of ether oxygens (including phenoxy) is 2. The maximum absolute atomic E-state index is 12.9. The van der Waals surface area contributed by atoms with Crippen molar-refractivity contribution >= 4 is 29.8 Å². The Balaban J connectivity index is 1.96. The molecule has 1 saturated heterocycles. The van der Waals surface area contributed by atoms with Gasteiger partial charge in [0.2, 0.25) is 5.88 Å². The number of carbonyl (C=O) groups excluding carboxylic acids is 1. The molecule has 0 N–H and O–H groups in total. The van der Waals surface area contributed by atoms with Gasteiger partial charge in [-0.1, -0.05) is 13.0 Å². The number of fused-ring (bicyclic) bond motifs is 3. The van der Waals surface area contributed by atoms with Crippen LogP contribution in [0, 0.1) is 0 Å². The minimum atomic E-state index is -4.53. The Kier molecular flexibility index (Phi) is 4.84. The minimum Gasteiger partial charge on any atom is -0.476 e. The number of aromatic nitrogens is 1. The highest BCUT2D eigenvalue weighted by Crippen LogP contribution is 2.33. The number of hydrogen-bond acceptors (Lipinski definition) is 4. The SMILES string of the molecule is C[C@@H]1CN(C(=O)OC(C)(C)C)[Si]2c3ccc(C(F)(F)F)nc3O[C@H]2C[Si]1. The van der Waals surface area contributed by atoms with Crippen molar-refractivity contribution in [2.75, 3.05) is 6.54 Å². The van der Waals surface area contributed by atoms with E-state index >= 15 is 0 Å². The van der Waals surface area contributed by atoms with Gasteiger partial charge in [-0.15, -0.1) is 0 Å². The zero-order valence-corrected chi connectivity index (χ0v) is 17.0. The topological polar surface area (TPSA) is 51.7 Å². The van der Waals surface area contributed by atoms with Crippen LogP contribution in [-0.2, 0) is 10.9 Å². The predicted octanol–water partition coefficient (Wildman–Crippen LogP) is 2.78. The number of pyridine rings is 1. The molecule has 0 aliphatic carbocycles. The normalized spacial score (nSPS) is 23.7. The van der Waals surface area contributed by atoms with E-state index in [0.29, 0.717) is 32.8 Å². The molecular weight excluding hydrogens is 381 g/mol. The van der Waals surface area contributed by atoms with Gasteiger partial charge in [0.25, 0.3) is 8.96 Å². The number of alkyl halides is 3. The molecule has 10 heteroatoms. The standard InChI is InChI=1S/C16H20F3N2O3Si2/c1-9-7-21(14(22)24-15(2,3)4)26-10-5-6-11(16(17,18)19)20-13(10)23-12(26)8-25-9/h5-6,9,12H,7-8H2,1-4H3/t9-,12-/m1/s1. The molecular formula is C16H20F3N2O3Si2. The van der Waals surface area contributed by atoms with E-state index in [1.54, 1.807) is 25.3 Å². The van der Waals surface area contributed by atoms with Crippen LogP contribution in [0.1, 0.15) is 33.4 Å². The van der Waals surface area contributed by atoms with Crippen molar-refractivity contribution in [3.63, 3.8) is 0 Å². The summed E-state index contributed by atoms with van der Waals surface area (Å²) in [6.07, 6.45) is -4.96. The smallest absolute Gasteiger partial charge is 0.433 e. The summed E-state index contributed by atoms with van der Waals surface area (Å²) in [5, 5.41) is 0.609. The van der Waals surface area contributed by atoms with Crippen LogP contribution < -0.4 is 9.92 Å². The quantitative estimate of drug-likeness (QED) is 0.628. The average Bonchev–Trinajstić information content (AvgIpc) is 2.76. The van der Waals surface area contributed by atoms with Gasteiger partial charge in [0.1, 0.15) is 17.0 Å². The molecule has 0 unspecified atom stereocenters. The second kappa shape index (κ2) is 6.56. The van der Waals surface area contributed by atoms with Crippen LogP contribution in [0.15, 0.2) is 12.1 Å². The molecule has 0 saturated carbocycles. The van der Waals surface area contributed by atoms with E-state index in [1.807, 2.05) is 0 Å². The molecule has 0 bridgehead atoms. The minimum absolute atomic E-state index is 0.00613. The van der Waals surface area contributed by atoms with E-state index in [0.717, 1.165) is 6.07 Å². The lowest BCUT2D eigenvalue weighted by Gasteiger charge is -2.31. The van der Waals surface area contributed by atoms with Crippen molar-refractivity contribution in [3.05, 3.63) is 17.8 Å². The average molecular weight is 402 g/mol. The maximum Gasteiger partial charge on any atom is 0.433 e. The molecule has 1 fully saturated rings. The molecule has 3 heterocycles. The van der Waals surface area contributed by atoms with Crippen molar-refractivity contribution in [2.24, 2.45) is 0 Å². The van der Waals surface area contributed by atoms with Crippen LogP contribution in [0.4, 0.5) is 18.0 Å². The monoisotopic (exact) mass is 401 g/mol. The first-order valence-electron chi connectivity index (χ1n) is 8.32. The lowest BCUT2D eigenvalue weighted by Crippen LogP contribution is -2.56. The van der Waals surface area contributed by atoms with Gasteiger partial charge in [0.15, 0.2) is 0 Å². The number of rotatable bonds is 0. The first-order valence-corrected chi connectivity index (χ1v) is 11.1. The highest BCUT2D eigenvalue weighted by Gasteiger charge is 2.48. The fraction of sp³-hybridized carbons (Fsp3) is 0.625. The van der Waals surface area contributed by atoms with Crippen molar-refractivity contribution < 1.29 is 27.4 Å². The fourth-order valence-corrected chi connectivity index (χ4v) is 7.77. The number of amides is 1. The summed E-state index contributed by atoms with van der Waals surface area (Å²) in [5.41, 5.74) is -1.63. The van der Waals surface area contributed by atoms with Gasteiger partial charge in [-0.3, -0.25) is 0 Å². The van der Waals surface area contributed by atoms with E-state index in [1.165, 1.54) is 6.07 Å². The summed E-state index contributed by atoms with van der Waals surface area (Å²) in [6, 6.07) is 3.09. The lowest BCUT2D eigenvalue weighted by molar-refractivity contribution is -0.141. The number of hydrogen-bond donors (Lipinski definition) is 0. The summed E-state index contributed by atoms with van der Waals surface area (Å²) in [5.74, 6) is 0.00613. The van der Waals surface area contributed by atoms with Crippen LogP contribution in [0.25, 0.3) is 0 Å². The zero-order chi connectivity index (χ0) is 19.3. The van der Waals surface area contributed by atoms with E-state index in [4.69, 9.17) is 9.47 Å². The van der Waals surface area contributed by atoms with Gasteiger partial charge in [-0.2, -0.15) is 13.2 Å². The molecule has 3 radical (unpaired) electrons. The van der Waals surface area contributed by atoms with Gasteiger partial charge >= 0.3 is 12.3 Å². The molecule has 1 aromatic rings. The third-order valence-electron chi connectivity index (χ3n) is 4.00. The van der Waals surface area contributed by atoms with Gasteiger partial charge in [0.05, 0.1) is 0 Å². The Bertz CT molecular complexity index is 709. The maximum atomic E-state index is 12.9. The molecule has 3 rings (SSSR count). The first-order chi connectivity index (χ1) is 12.0. The highest BCUT2D eigenvalue weighted by atomic mass is 28.3. The van der Waals surface area contributed by atoms with Gasteiger partial charge in [0, 0.05) is 21.3 Å². The molecule has 1 aromatic heterocycles. The number of nitrogens with zero attached hydrogens (tertiary/aromatic N) is 2. The Morgan fingerprint density at radius 1 is 1.38 bits per heavy atom. The second-order valence-corrected chi connectivity index (χ2v) is 11.7. The Labute approximate surface area is 154 Å². The fourth-order valence-electron chi connectivity index (χ4n) is 2.94. The van der Waals surface area contributed by atoms with Gasteiger partial charge in [-0.25, -0.2) is 9.78 Å². The van der Waals surface area contributed by atoms with Crippen LogP contribution in [0.2, 0.25) is 11.6 Å². The molecule has 2 aliphatic rings. The van der Waals surface area contributed by atoms with E-state index < -0.39 is 32.5 Å². The largest absolute Gasteiger partial charge is 0.476 e. The number of carbonyl (C=O) groups is 1. The lowest BCUT2D eigenvalue weighted by atomic mass is 10.2. The molecule has 141 valence electrons. The van der Waals surface area contributed by atoms with E-state index in [-0.39, 0.29) is 11.6 Å². The van der Waals surface area contributed by atoms with Crippen LogP contribution in [-0.4, -0.2) is 52.0 Å². The predicted molar refractivity (Wildman–Crippen MR) is 92.0 cm³/mol. The zero-order valence-electron chi connectivity index (χ0n) is 15.0. The molecule has 2 atom stereocenters. The molecule has 26 heavy (non-hydrogen) atoms. The molecule has 1 amide bonds. The first kappa shape index (κ1) is 19.2. The summed E-state index contributed by atoms with van der Waals surface area (Å²) in [6.45, 7) is 7.95. The van der Waals surface area contributed by atoms with Crippen LogP contribution >= 0.6 is 0 Å². The summed E-state index contributed by atoms with van der Waals surface area (Å²) < 4.78 is 51.8. The van der Waals surface area contributed by atoms with Crippen molar-refractivity contribution in [1.29, 1.82) is 0 Å². The second-order valence-electron chi connectivity index (χ2n) is 7.44. The third kappa shape index (κ3) is 3.90. The summed E-state index contributed by atoms with van der Waals surface area (Å²) in [4.78, 5) is 16.4. The third-order valence-corrected chi connectivity index (χ3v) is 8.70. The molecule has 2 aliphatic heterocycles.